The topological polar surface area (TPSA) is 81.2 Å². The maximum atomic E-state index is 10.2. The van der Waals surface area contributed by atoms with Crippen molar-refractivity contribution in [3.63, 3.8) is 0 Å². The first-order chi connectivity index (χ1) is 6.00. The molecule has 0 amide bonds. The summed E-state index contributed by atoms with van der Waals surface area (Å²) in [4.78, 5) is 13.0. The Hall–Kier alpha value is -1.14. The van der Waals surface area contributed by atoms with Crippen molar-refractivity contribution in [1.29, 1.82) is 0 Å². The number of nitro groups is 1. The lowest BCUT2D eigenvalue weighted by Gasteiger charge is -2.02. The van der Waals surface area contributed by atoms with Crippen LogP contribution in [0.25, 0.3) is 0 Å². The molecule has 1 unspecified atom stereocenters. The number of nitrogens with zero attached hydrogens (tertiary/aromatic N) is 3. The van der Waals surface area contributed by atoms with Crippen LogP contribution < -0.4 is 0 Å². The van der Waals surface area contributed by atoms with Gasteiger partial charge in [-0.3, -0.25) is 4.57 Å². The third-order valence-electron chi connectivity index (χ3n) is 1.31. The molecule has 0 bridgehead atoms. The van der Waals surface area contributed by atoms with Gasteiger partial charge in [0.05, 0.1) is 12.6 Å². The Bertz CT molecular complexity index is 323. The molecule has 71 valence electrons. The van der Waals surface area contributed by atoms with Crippen LogP contribution in [-0.4, -0.2) is 25.7 Å². The molecule has 6 nitrogen and oxygen atoms in total. The zero-order chi connectivity index (χ0) is 10.0. The lowest BCUT2D eigenvalue weighted by atomic mass is 10.4. The molecule has 0 aromatic carbocycles. The van der Waals surface area contributed by atoms with E-state index in [0.29, 0.717) is 0 Å². The van der Waals surface area contributed by atoms with E-state index < -0.39 is 11.0 Å². The Morgan fingerprint density at radius 2 is 2.54 bits per heavy atom. The third-order valence-corrected chi connectivity index (χ3v) is 1.61. The highest BCUT2D eigenvalue weighted by Gasteiger charge is 2.17. The van der Waals surface area contributed by atoms with Crippen molar-refractivity contribution < 1.29 is 10.0 Å². The van der Waals surface area contributed by atoms with Crippen molar-refractivity contribution >= 4 is 17.4 Å². The van der Waals surface area contributed by atoms with Gasteiger partial charge in [-0.15, -0.1) is 0 Å². The molecule has 1 aromatic heterocycles. The van der Waals surface area contributed by atoms with Crippen LogP contribution in [0.4, 0.5) is 5.82 Å². The molecule has 1 atom stereocenters. The van der Waals surface area contributed by atoms with Crippen LogP contribution in [-0.2, 0) is 6.54 Å². The predicted molar refractivity (Wildman–Crippen MR) is 45.3 cm³/mol. The van der Waals surface area contributed by atoms with E-state index in [1.165, 1.54) is 4.57 Å². The summed E-state index contributed by atoms with van der Waals surface area (Å²) in [5, 5.41) is 19.1. The van der Waals surface area contributed by atoms with Crippen molar-refractivity contribution in [2.75, 3.05) is 0 Å². The lowest BCUT2D eigenvalue weighted by molar-refractivity contribution is -0.389. The van der Waals surface area contributed by atoms with Crippen LogP contribution in [0.1, 0.15) is 0 Å². The van der Waals surface area contributed by atoms with Crippen molar-refractivity contribution in [1.82, 2.24) is 9.55 Å². The second kappa shape index (κ2) is 3.71. The second-order valence-electron chi connectivity index (χ2n) is 2.43. The first kappa shape index (κ1) is 9.94. The normalized spacial score (nSPS) is 12.8. The Labute approximate surface area is 78.9 Å². The van der Waals surface area contributed by atoms with E-state index in [-0.39, 0.29) is 17.6 Å². The van der Waals surface area contributed by atoms with E-state index >= 15 is 0 Å². The minimum absolute atomic E-state index is 0.0330. The molecule has 13 heavy (non-hydrogen) atoms. The molecule has 0 spiro atoms. The van der Waals surface area contributed by atoms with Gasteiger partial charge in [-0.05, 0) is 28.4 Å². The maximum Gasteiger partial charge on any atom is 0.383 e. The summed E-state index contributed by atoms with van der Waals surface area (Å²) in [7, 11) is 0. The van der Waals surface area contributed by atoms with E-state index in [9.17, 15) is 10.1 Å². The smallest absolute Gasteiger partial charge is 0.383 e. The lowest BCUT2D eigenvalue weighted by Crippen LogP contribution is -2.11. The number of imidazole rings is 1. The Morgan fingerprint density at radius 3 is 2.92 bits per heavy atom. The molecule has 0 aliphatic rings. The fourth-order valence-electron chi connectivity index (χ4n) is 0.823. The highest BCUT2D eigenvalue weighted by Crippen LogP contribution is 2.15. The molecular weight excluding hydrogens is 198 g/mol. The van der Waals surface area contributed by atoms with Crippen LogP contribution in [0.3, 0.4) is 0 Å². The number of hydrogen-bond donors (Lipinski definition) is 1. The Balaban J connectivity index is 2.90. The molecule has 1 heterocycles. The van der Waals surface area contributed by atoms with Crippen molar-refractivity contribution in [3.05, 3.63) is 28.5 Å². The minimum Gasteiger partial charge on any atom is -0.391 e. The van der Waals surface area contributed by atoms with Crippen molar-refractivity contribution in [2.24, 2.45) is 0 Å². The zero-order valence-electron chi connectivity index (χ0n) is 6.55. The predicted octanol–water partition coefficient (Wildman–Crippen LogP) is 0.640. The molecule has 0 saturated carbocycles. The van der Waals surface area contributed by atoms with E-state index in [4.69, 9.17) is 16.7 Å². The number of aromatic nitrogens is 2. The summed E-state index contributed by atoms with van der Waals surface area (Å²) in [6.07, 6.45) is 0.280. The van der Waals surface area contributed by atoms with Gasteiger partial charge in [0.2, 0.25) is 0 Å². The van der Waals surface area contributed by atoms with Gasteiger partial charge >= 0.3 is 11.1 Å². The highest BCUT2D eigenvalue weighted by atomic mass is 35.5. The first-order valence-corrected chi connectivity index (χ1v) is 3.76. The van der Waals surface area contributed by atoms with Gasteiger partial charge in [-0.25, -0.2) is 0 Å². The fourth-order valence-corrected chi connectivity index (χ4v) is 1.03. The van der Waals surface area contributed by atoms with Crippen molar-refractivity contribution in [2.45, 2.75) is 12.6 Å². The number of rotatable bonds is 3. The molecule has 1 N–H and O–H groups in total. The van der Waals surface area contributed by atoms with Gasteiger partial charge in [-0.2, -0.15) is 0 Å². The SMILES string of the molecule is [CH2]C(O)Cn1cc([N+](=O)[O-])nc1Cl. The van der Waals surface area contributed by atoms with E-state index in [1.54, 1.807) is 0 Å². The largest absolute Gasteiger partial charge is 0.391 e. The van der Waals surface area contributed by atoms with Gasteiger partial charge in [0.1, 0.15) is 6.20 Å². The number of aliphatic hydroxyl groups is 1. The summed E-state index contributed by atoms with van der Waals surface area (Å²) in [6, 6.07) is 0. The van der Waals surface area contributed by atoms with Crippen LogP contribution in [0, 0.1) is 17.0 Å². The summed E-state index contributed by atoms with van der Waals surface area (Å²) in [6.45, 7) is 3.39. The van der Waals surface area contributed by atoms with E-state index in [2.05, 4.69) is 11.9 Å². The molecule has 0 saturated heterocycles. The third kappa shape index (κ3) is 2.40. The fraction of sp³-hybridized carbons (Fsp3) is 0.333. The average molecular weight is 205 g/mol. The Kier molecular flexibility index (Phi) is 2.84. The summed E-state index contributed by atoms with van der Waals surface area (Å²) in [5.41, 5.74) is 0. The van der Waals surface area contributed by atoms with Gasteiger partial charge in [-0.1, -0.05) is 0 Å². The summed E-state index contributed by atoms with van der Waals surface area (Å²) < 4.78 is 1.26. The second-order valence-corrected chi connectivity index (χ2v) is 2.77. The quantitative estimate of drug-likeness (QED) is 0.579. The maximum absolute atomic E-state index is 10.2. The molecule has 0 aliphatic carbocycles. The van der Waals surface area contributed by atoms with E-state index in [0.717, 1.165) is 6.20 Å². The molecule has 1 radical (unpaired) electrons. The standard InChI is InChI=1S/C6H7ClN3O3/c1-4(11)2-9-3-5(10(12)13)8-6(9)7/h3-4,11H,1-2H2. The summed E-state index contributed by atoms with van der Waals surface area (Å²) >= 11 is 5.54. The first-order valence-electron chi connectivity index (χ1n) is 3.39. The highest BCUT2D eigenvalue weighted by molar-refractivity contribution is 6.28. The number of aliphatic hydroxyl groups excluding tert-OH is 1. The van der Waals surface area contributed by atoms with Crippen molar-refractivity contribution in [3.8, 4) is 0 Å². The summed E-state index contributed by atoms with van der Waals surface area (Å²) in [5.74, 6) is -0.342. The van der Waals surface area contributed by atoms with Gasteiger partial charge < -0.3 is 15.2 Å². The zero-order valence-corrected chi connectivity index (χ0v) is 7.31. The molecule has 0 aliphatic heterocycles. The van der Waals surface area contributed by atoms with Crippen LogP contribution in [0.2, 0.25) is 5.28 Å². The van der Waals surface area contributed by atoms with Gasteiger partial charge in [0.15, 0.2) is 0 Å². The number of hydrogen-bond acceptors (Lipinski definition) is 4. The molecule has 7 heteroatoms. The molecule has 1 aromatic rings. The molecule has 0 fully saturated rings. The Morgan fingerprint density at radius 1 is 1.92 bits per heavy atom. The van der Waals surface area contributed by atoms with Gasteiger partial charge in [0.25, 0.3) is 0 Å². The van der Waals surface area contributed by atoms with E-state index in [1.807, 2.05) is 0 Å². The molecular formula is C6H7ClN3O3. The van der Waals surface area contributed by atoms with Crippen LogP contribution >= 0.6 is 11.6 Å². The number of halogens is 1. The monoisotopic (exact) mass is 204 g/mol. The van der Waals surface area contributed by atoms with Crippen LogP contribution in [0.5, 0.6) is 0 Å². The minimum atomic E-state index is -0.869. The van der Waals surface area contributed by atoms with Gasteiger partial charge in [0, 0.05) is 0 Å². The molecule has 1 rings (SSSR count). The average Bonchev–Trinajstić information content (AvgIpc) is 2.31. The van der Waals surface area contributed by atoms with Crippen LogP contribution in [0.15, 0.2) is 6.20 Å².